The van der Waals surface area contributed by atoms with Crippen molar-refractivity contribution >= 4 is 0 Å². The topological polar surface area (TPSA) is 77.7 Å². The van der Waals surface area contributed by atoms with Gasteiger partial charge in [0.05, 0.1) is 23.1 Å². The molecule has 0 atom stereocenters. The summed E-state index contributed by atoms with van der Waals surface area (Å²) in [7, 11) is 0. The number of H-pyrrole nitrogens is 2. The van der Waals surface area contributed by atoms with E-state index in [1.807, 2.05) is 0 Å². The number of nitrogens with zero attached hydrogens (tertiary/aromatic N) is 3. The second-order valence-electron chi connectivity index (χ2n) is 6.31. The maximum atomic E-state index is 13.1. The van der Waals surface area contributed by atoms with E-state index in [0.29, 0.717) is 18.9 Å². The van der Waals surface area contributed by atoms with Crippen molar-refractivity contribution < 1.29 is 4.39 Å². The number of aromatic nitrogens is 4. The summed E-state index contributed by atoms with van der Waals surface area (Å²) in [6, 6.07) is 6.33. The van der Waals surface area contributed by atoms with E-state index < -0.39 is 0 Å². The quantitative estimate of drug-likeness (QED) is 0.767. The predicted molar refractivity (Wildman–Crippen MR) is 91.4 cm³/mol. The fourth-order valence-corrected chi connectivity index (χ4v) is 3.28. The largest absolute Gasteiger partial charge is 0.310 e. The minimum absolute atomic E-state index is 0.0573. The van der Waals surface area contributed by atoms with E-state index >= 15 is 0 Å². The molecule has 3 heterocycles. The van der Waals surface area contributed by atoms with Gasteiger partial charge in [0.2, 0.25) is 0 Å². The van der Waals surface area contributed by atoms with E-state index in [1.165, 1.54) is 12.1 Å². The fraction of sp³-hybridized carbons (Fsp3) is 0.278. The highest BCUT2D eigenvalue weighted by Crippen LogP contribution is 2.24. The summed E-state index contributed by atoms with van der Waals surface area (Å²) >= 11 is 0. The van der Waals surface area contributed by atoms with E-state index in [-0.39, 0.29) is 11.4 Å². The van der Waals surface area contributed by atoms with E-state index in [1.54, 1.807) is 25.3 Å². The van der Waals surface area contributed by atoms with Crippen molar-refractivity contribution in [2.45, 2.75) is 26.4 Å². The Bertz CT molecular complexity index is 960. The Morgan fingerprint density at radius 1 is 1.28 bits per heavy atom. The average molecular weight is 339 g/mol. The van der Waals surface area contributed by atoms with Crippen LogP contribution in [0.5, 0.6) is 0 Å². The van der Waals surface area contributed by atoms with Crippen molar-refractivity contribution in [2.75, 3.05) is 6.54 Å². The smallest absolute Gasteiger partial charge is 0.255 e. The molecule has 0 bridgehead atoms. The predicted octanol–water partition coefficient (Wildman–Crippen LogP) is 2.17. The summed E-state index contributed by atoms with van der Waals surface area (Å²) in [6.45, 7) is 3.85. The second-order valence-corrected chi connectivity index (χ2v) is 6.31. The van der Waals surface area contributed by atoms with Crippen LogP contribution in [0.25, 0.3) is 11.3 Å². The lowest BCUT2D eigenvalue weighted by atomic mass is 10.0. The summed E-state index contributed by atoms with van der Waals surface area (Å²) in [5.41, 5.74) is 4.36. The van der Waals surface area contributed by atoms with Gasteiger partial charge in [-0.2, -0.15) is 5.10 Å². The number of aromatic amines is 2. The number of hydrogen-bond donors (Lipinski definition) is 2. The van der Waals surface area contributed by atoms with Crippen molar-refractivity contribution in [1.82, 2.24) is 25.1 Å². The molecule has 0 aliphatic carbocycles. The van der Waals surface area contributed by atoms with Gasteiger partial charge in [-0.1, -0.05) is 0 Å². The van der Waals surface area contributed by atoms with Crippen molar-refractivity contribution in [1.29, 1.82) is 0 Å². The molecule has 0 saturated carbocycles. The fourth-order valence-electron chi connectivity index (χ4n) is 3.28. The third-order valence-corrected chi connectivity index (χ3v) is 4.51. The minimum atomic E-state index is -0.264. The molecule has 0 saturated heterocycles. The van der Waals surface area contributed by atoms with E-state index in [9.17, 15) is 9.18 Å². The van der Waals surface area contributed by atoms with Gasteiger partial charge in [-0.05, 0) is 31.2 Å². The Kier molecular flexibility index (Phi) is 3.93. The first-order valence-electron chi connectivity index (χ1n) is 8.19. The number of nitrogens with one attached hydrogen (secondary N) is 2. The highest BCUT2D eigenvalue weighted by molar-refractivity contribution is 5.62. The first-order chi connectivity index (χ1) is 12.1. The molecule has 3 aromatic rings. The maximum Gasteiger partial charge on any atom is 0.255 e. The Balaban J connectivity index is 1.57. The van der Waals surface area contributed by atoms with Crippen LogP contribution in [0.3, 0.4) is 0 Å². The Labute approximate surface area is 143 Å². The van der Waals surface area contributed by atoms with Gasteiger partial charge in [-0.15, -0.1) is 0 Å². The molecule has 0 radical (unpaired) electrons. The van der Waals surface area contributed by atoms with Crippen LogP contribution in [0.2, 0.25) is 0 Å². The molecule has 128 valence electrons. The van der Waals surface area contributed by atoms with Crippen LogP contribution in [0.4, 0.5) is 4.39 Å². The molecule has 2 N–H and O–H groups in total. The van der Waals surface area contributed by atoms with E-state index in [2.05, 4.69) is 25.1 Å². The number of fused-ring (bicyclic) bond motifs is 1. The van der Waals surface area contributed by atoms with Crippen LogP contribution in [-0.2, 0) is 19.5 Å². The minimum Gasteiger partial charge on any atom is -0.310 e. The molecule has 1 aliphatic heterocycles. The average Bonchev–Trinajstić information content (AvgIpc) is 3.04. The molecule has 7 heteroatoms. The van der Waals surface area contributed by atoms with Gasteiger partial charge in [0.15, 0.2) is 0 Å². The third-order valence-electron chi connectivity index (χ3n) is 4.51. The lowest BCUT2D eigenvalue weighted by Crippen LogP contribution is -2.35. The van der Waals surface area contributed by atoms with Gasteiger partial charge in [-0.25, -0.2) is 9.37 Å². The Morgan fingerprint density at radius 3 is 2.88 bits per heavy atom. The van der Waals surface area contributed by atoms with Gasteiger partial charge in [0, 0.05) is 37.2 Å². The molecule has 1 aliphatic rings. The summed E-state index contributed by atoms with van der Waals surface area (Å²) in [5.74, 6) is 0.394. The van der Waals surface area contributed by atoms with Gasteiger partial charge >= 0.3 is 0 Å². The second kappa shape index (κ2) is 6.25. The monoisotopic (exact) mass is 339 g/mol. The third kappa shape index (κ3) is 3.10. The molecule has 6 nitrogen and oxygen atoms in total. The van der Waals surface area contributed by atoms with Gasteiger partial charge < -0.3 is 4.98 Å². The molecule has 0 amide bonds. The zero-order valence-electron chi connectivity index (χ0n) is 13.8. The van der Waals surface area contributed by atoms with Crippen molar-refractivity contribution in [2.24, 2.45) is 0 Å². The van der Waals surface area contributed by atoms with Crippen LogP contribution in [0.15, 0.2) is 35.3 Å². The summed E-state index contributed by atoms with van der Waals surface area (Å²) in [5, 5.41) is 7.12. The zero-order valence-corrected chi connectivity index (χ0v) is 13.8. The Morgan fingerprint density at radius 2 is 2.08 bits per heavy atom. The van der Waals surface area contributed by atoms with Crippen molar-refractivity contribution in [3.8, 4) is 11.3 Å². The highest BCUT2D eigenvalue weighted by Gasteiger charge is 2.22. The molecule has 2 aromatic heterocycles. The maximum absolute atomic E-state index is 13.1. The van der Waals surface area contributed by atoms with E-state index in [4.69, 9.17) is 0 Å². The first kappa shape index (κ1) is 15.7. The molecule has 25 heavy (non-hydrogen) atoms. The summed E-state index contributed by atoms with van der Waals surface area (Å²) in [6.07, 6.45) is 2.54. The van der Waals surface area contributed by atoms with Crippen LogP contribution >= 0.6 is 0 Å². The summed E-state index contributed by atoms with van der Waals surface area (Å²) < 4.78 is 13.1. The lowest BCUT2D eigenvalue weighted by molar-refractivity contribution is 0.242. The van der Waals surface area contributed by atoms with Gasteiger partial charge in [0.25, 0.3) is 5.56 Å². The normalized spacial score (nSPS) is 14.5. The molecule has 1 aromatic carbocycles. The molecular formula is C18H18FN5O. The number of hydrogen-bond acceptors (Lipinski definition) is 4. The van der Waals surface area contributed by atoms with E-state index in [0.717, 1.165) is 41.0 Å². The molecule has 0 unspecified atom stereocenters. The van der Waals surface area contributed by atoms with Gasteiger partial charge in [0.1, 0.15) is 11.6 Å². The standard InChI is InChI=1S/C18H18FN5O/c1-11-21-16-6-7-24(10-15(16)18(25)22-11)9-13-8-20-23-17(13)12-2-4-14(19)5-3-12/h2-5,8H,6-7,9-10H2,1H3,(H,20,23)(H,21,22,25). The van der Waals surface area contributed by atoms with Crippen LogP contribution in [0.1, 0.15) is 22.6 Å². The SMILES string of the molecule is Cc1nc2c(c(=O)[nH]1)CN(Cc1cn[nH]c1-c1ccc(F)cc1)CC2. The van der Waals surface area contributed by atoms with Crippen molar-refractivity contribution in [3.05, 3.63) is 69.3 Å². The zero-order chi connectivity index (χ0) is 17.4. The molecule has 0 fully saturated rings. The van der Waals surface area contributed by atoms with Crippen LogP contribution in [0, 0.1) is 12.7 Å². The number of aryl methyl sites for hydroxylation is 1. The molecular weight excluding hydrogens is 321 g/mol. The lowest BCUT2D eigenvalue weighted by Gasteiger charge is -2.27. The first-order valence-corrected chi connectivity index (χ1v) is 8.19. The van der Waals surface area contributed by atoms with Crippen molar-refractivity contribution in [3.63, 3.8) is 0 Å². The Hall–Kier alpha value is -2.80. The van der Waals surface area contributed by atoms with Crippen LogP contribution in [-0.4, -0.2) is 31.6 Å². The molecule has 4 rings (SSSR count). The molecule has 0 spiro atoms. The number of benzene rings is 1. The van der Waals surface area contributed by atoms with Crippen LogP contribution < -0.4 is 5.56 Å². The number of rotatable bonds is 3. The van der Waals surface area contributed by atoms with Gasteiger partial charge in [-0.3, -0.25) is 14.8 Å². The highest BCUT2D eigenvalue weighted by atomic mass is 19.1. The number of halogens is 1. The summed E-state index contributed by atoms with van der Waals surface area (Å²) in [4.78, 5) is 21.6.